The zero-order valence-corrected chi connectivity index (χ0v) is 13.4. The molecule has 1 aromatic rings. The number of methoxy groups -OCH3 is 1. The maximum atomic E-state index is 6.46. The van der Waals surface area contributed by atoms with Crippen molar-refractivity contribution < 1.29 is 9.47 Å². The van der Waals surface area contributed by atoms with Gasteiger partial charge in [0.15, 0.2) is 0 Å². The van der Waals surface area contributed by atoms with Crippen LogP contribution in [0.3, 0.4) is 0 Å². The average Bonchev–Trinajstić information content (AvgIpc) is 2.84. The average molecular weight is 289 g/mol. The van der Waals surface area contributed by atoms with Gasteiger partial charge in [-0.05, 0) is 56.3 Å². The number of ether oxygens (including phenoxy) is 2. The molecule has 1 heterocycles. The summed E-state index contributed by atoms with van der Waals surface area (Å²) in [6, 6.07) is 6.61. The largest absolute Gasteiger partial charge is 0.497 e. The van der Waals surface area contributed by atoms with Gasteiger partial charge in [-0.1, -0.05) is 13.8 Å². The van der Waals surface area contributed by atoms with Gasteiger partial charge in [-0.3, -0.25) is 0 Å². The number of hydrogen-bond donors (Lipinski definition) is 1. The molecule has 1 aliphatic carbocycles. The Labute approximate surface area is 128 Å². The highest BCUT2D eigenvalue weighted by atomic mass is 16.5. The van der Waals surface area contributed by atoms with Crippen molar-refractivity contribution in [3.05, 3.63) is 23.8 Å². The summed E-state index contributed by atoms with van der Waals surface area (Å²) in [7, 11) is 1.72. The van der Waals surface area contributed by atoms with Crippen molar-refractivity contribution in [2.75, 3.05) is 13.7 Å². The summed E-state index contributed by atoms with van der Waals surface area (Å²) >= 11 is 0. The number of rotatable bonds is 4. The molecule has 3 atom stereocenters. The Balaban J connectivity index is 1.91. The van der Waals surface area contributed by atoms with Crippen LogP contribution < -0.4 is 14.8 Å². The second kappa shape index (κ2) is 5.88. The van der Waals surface area contributed by atoms with E-state index >= 15 is 0 Å². The molecule has 2 aliphatic rings. The van der Waals surface area contributed by atoms with E-state index in [1.165, 1.54) is 24.8 Å². The minimum absolute atomic E-state index is 0.0480. The lowest BCUT2D eigenvalue weighted by atomic mass is 9.85. The molecule has 0 amide bonds. The molecule has 0 bridgehead atoms. The Hall–Kier alpha value is -1.22. The quantitative estimate of drug-likeness (QED) is 0.906. The maximum absolute atomic E-state index is 6.46. The zero-order valence-electron chi connectivity index (χ0n) is 13.4. The van der Waals surface area contributed by atoms with Crippen LogP contribution in [0.4, 0.5) is 0 Å². The highest BCUT2D eigenvalue weighted by Gasteiger charge is 2.45. The summed E-state index contributed by atoms with van der Waals surface area (Å²) in [5, 5.41) is 3.71. The monoisotopic (exact) mass is 289 g/mol. The lowest BCUT2D eigenvalue weighted by Crippen LogP contribution is -2.42. The van der Waals surface area contributed by atoms with Crippen LogP contribution in [0.15, 0.2) is 18.2 Å². The molecular weight excluding hydrogens is 262 g/mol. The van der Waals surface area contributed by atoms with E-state index in [4.69, 9.17) is 9.47 Å². The molecular formula is C18H27NO2. The van der Waals surface area contributed by atoms with Crippen molar-refractivity contribution in [2.45, 2.75) is 57.6 Å². The van der Waals surface area contributed by atoms with E-state index in [9.17, 15) is 0 Å². The van der Waals surface area contributed by atoms with E-state index in [1.807, 2.05) is 6.07 Å². The fraction of sp³-hybridized carbons (Fsp3) is 0.667. The van der Waals surface area contributed by atoms with E-state index < -0.39 is 0 Å². The van der Waals surface area contributed by atoms with Crippen LogP contribution in [0, 0.1) is 5.92 Å². The van der Waals surface area contributed by atoms with Gasteiger partial charge < -0.3 is 14.8 Å². The van der Waals surface area contributed by atoms with E-state index in [1.54, 1.807) is 7.11 Å². The van der Waals surface area contributed by atoms with Crippen LogP contribution in [0.2, 0.25) is 0 Å². The Kier molecular flexibility index (Phi) is 4.12. The lowest BCUT2D eigenvalue weighted by molar-refractivity contribution is 0.0335. The van der Waals surface area contributed by atoms with Gasteiger partial charge in [-0.15, -0.1) is 0 Å². The van der Waals surface area contributed by atoms with Crippen LogP contribution in [-0.4, -0.2) is 19.3 Å². The lowest BCUT2D eigenvalue weighted by Gasteiger charge is -2.40. The fourth-order valence-corrected chi connectivity index (χ4v) is 3.90. The SMILES string of the molecule is CCCNC1CC2(CCC(C)C2)Oc2ccc(OC)cc21. The molecule has 1 fully saturated rings. The predicted molar refractivity (Wildman–Crippen MR) is 85.0 cm³/mol. The summed E-state index contributed by atoms with van der Waals surface area (Å²) in [4.78, 5) is 0. The second-order valence-corrected chi connectivity index (χ2v) is 6.75. The van der Waals surface area contributed by atoms with Gasteiger partial charge >= 0.3 is 0 Å². The fourth-order valence-electron chi connectivity index (χ4n) is 3.90. The first-order valence-corrected chi connectivity index (χ1v) is 8.26. The molecule has 1 spiro atoms. The van der Waals surface area contributed by atoms with Gasteiger partial charge in [0, 0.05) is 18.0 Å². The summed E-state index contributed by atoms with van der Waals surface area (Å²) in [6.45, 7) is 5.61. The maximum Gasteiger partial charge on any atom is 0.125 e. The third-order valence-corrected chi connectivity index (χ3v) is 4.95. The van der Waals surface area contributed by atoms with Crippen molar-refractivity contribution in [1.82, 2.24) is 5.32 Å². The van der Waals surface area contributed by atoms with E-state index in [-0.39, 0.29) is 5.60 Å². The molecule has 1 aromatic carbocycles. The highest BCUT2D eigenvalue weighted by molar-refractivity contribution is 5.44. The van der Waals surface area contributed by atoms with Gasteiger partial charge in [0.1, 0.15) is 17.1 Å². The van der Waals surface area contributed by atoms with Crippen molar-refractivity contribution in [2.24, 2.45) is 5.92 Å². The standard InChI is InChI=1S/C18H27NO2/c1-4-9-19-16-12-18(8-7-13(2)11-18)21-17-6-5-14(20-3)10-15(16)17/h5-6,10,13,16,19H,4,7-9,11-12H2,1-3H3. The van der Waals surface area contributed by atoms with Gasteiger partial charge in [-0.25, -0.2) is 0 Å². The molecule has 116 valence electrons. The molecule has 1 aliphatic heterocycles. The number of fused-ring (bicyclic) bond motifs is 1. The van der Waals surface area contributed by atoms with E-state index in [0.717, 1.165) is 36.8 Å². The molecule has 3 unspecified atom stereocenters. The Morgan fingerprint density at radius 2 is 2.24 bits per heavy atom. The molecule has 3 rings (SSSR count). The minimum atomic E-state index is 0.0480. The zero-order chi connectivity index (χ0) is 14.9. The molecule has 3 heteroatoms. The minimum Gasteiger partial charge on any atom is -0.497 e. The van der Waals surface area contributed by atoms with Gasteiger partial charge in [0.2, 0.25) is 0 Å². The van der Waals surface area contributed by atoms with Crippen LogP contribution >= 0.6 is 0 Å². The van der Waals surface area contributed by atoms with Crippen LogP contribution in [0.5, 0.6) is 11.5 Å². The topological polar surface area (TPSA) is 30.5 Å². The molecule has 21 heavy (non-hydrogen) atoms. The number of benzene rings is 1. The number of nitrogens with one attached hydrogen (secondary N) is 1. The third-order valence-electron chi connectivity index (χ3n) is 4.95. The molecule has 1 N–H and O–H groups in total. The molecule has 3 nitrogen and oxygen atoms in total. The highest BCUT2D eigenvalue weighted by Crippen LogP contribution is 2.49. The smallest absolute Gasteiger partial charge is 0.125 e. The van der Waals surface area contributed by atoms with Crippen LogP contribution in [0.1, 0.15) is 57.6 Å². The van der Waals surface area contributed by atoms with Crippen LogP contribution in [-0.2, 0) is 0 Å². The first kappa shape index (κ1) is 14.7. The predicted octanol–water partition coefficient (Wildman–Crippen LogP) is 4.08. The van der Waals surface area contributed by atoms with Gasteiger partial charge in [0.05, 0.1) is 7.11 Å². The summed E-state index contributed by atoms with van der Waals surface area (Å²) in [5.74, 6) is 2.73. The normalized spacial score (nSPS) is 31.0. The summed E-state index contributed by atoms with van der Waals surface area (Å²) < 4.78 is 11.8. The first-order valence-electron chi connectivity index (χ1n) is 8.26. The van der Waals surface area contributed by atoms with E-state index in [2.05, 4.69) is 31.3 Å². The Morgan fingerprint density at radius 3 is 2.90 bits per heavy atom. The van der Waals surface area contributed by atoms with Crippen LogP contribution in [0.25, 0.3) is 0 Å². The summed E-state index contributed by atoms with van der Waals surface area (Å²) in [6.07, 6.45) is 5.89. The second-order valence-electron chi connectivity index (χ2n) is 6.75. The van der Waals surface area contributed by atoms with Crippen molar-refractivity contribution in [3.8, 4) is 11.5 Å². The van der Waals surface area contributed by atoms with Gasteiger partial charge in [-0.2, -0.15) is 0 Å². The Morgan fingerprint density at radius 1 is 1.38 bits per heavy atom. The molecule has 0 saturated heterocycles. The number of hydrogen-bond acceptors (Lipinski definition) is 3. The summed E-state index contributed by atoms with van der Waals surface area (Å²) in [5.41, 5.74) is 1.31. The molecule has 1 saturated carbocycles. The first-order chi connectivity index (χ1) is 10.2. The van der Waals surface area contributed by atoms with E-state index in [0.29, 0.717) is 6.04 Å². The van der Waals surface area contributed by atoms with Crippen molar-refractivity contribution in [3.63, 3.8) is 0 Å². The van der Waals surface area contributed by atoms with Crippen molar-refractivity contribution in [1.29, 1.82) is 0 Å². The van der Waals surface area contributed by atoms with Gasteiger partial charge in [0.25, 0.3) is 0 Å². The molecule has 0 radical (unpaired) electrons. The van der Waals surface area contributed by atoms with Crippen molar-refractivity contribution >= 4 is 0 Å². The third kappa shape index (κ3) is 2.89. The molecule has 0 aromatic heterocycles. The Bertz CT molecular complexity index is 502.